The van der Waals surface area contributed by atoms with Crippen LogP contribution in [0.2, 0.25) is 0 Å². The first-order chi connectivity index (χ1) is 20.2. The molecule has 0 aliphatic carbocycles. The molecular formula is C37H70O4. The maximum Gasteiger partial charge on any atom is 0.342 e. The molecule has 41 heavy (non-hydrogen) atoms. The average molecular weight is 579 g/mol. The predicted octanol–water partition coefficient (Wildman–Crippen LogP) is 12.3. The van der Waals surface area contributed by atoms with E-state index in [1.54, 1.807) is 0 Å². The fraction of sp³-hybridized carbons (Fsp3) is 0.892. The van der Waals surface area contributed by atoms with E-state index < -0.39 is 0 Å². The topological polar surface area (TPSA) is 52.6 Å². The Balaban J connectivity index is 3.31. The van der Waals surface area contributed by atoms with Gasteiger partial charge in [-0.15, -0.1) is 0 Å². The van der Waals surface area contributed by atoms with Crippen molar-refractivity contribution >= 4 is 11.8 Å². The Bertz CT molecular complexity index is 571. The van der Waals surface area contributed by atoms with Crippen LogP contribution >= 0.6 is 0 Å². The number of hydrogen-bond acceptors (Lipinski definition) is 4. The highest BCUT2D eigenvalue weighted by atomic mass is 17.2. The third-order valence-corrected chi connectivity index (χ3v) is 8.07. The van der Waals surface area contributed by atoms with Crippen molar-refractivity contribution in [3.05, 3.63) is 12.2 Å². The molecule has 0 rings (SSSR count). The predicted molar refractivity (Wildman–Crippen MR) is 176 cm³/mol. The van der Waals surface area contributed by atoms with Crippen molar-refractivity contribution < 1.29 is 19.4 Å². The summed E-state index contributed by atoms with van der Waals surface area (Å²) in [4.78, 5) is 33.4. The van der Waals surface area contributed by atoms with E-state index in [1.165, 1.54) is 148 Å². The smallest absolute Gasteiger partial charge is 0.298 e. The Labute approximate surface area is 256 Å². The lowest BCUT2D eigenvalue weighted by Crippen LogP contribution is -2.12. The number of hydrogen-bond donors (Lipinski definition) is 0. The number of ketones is 1. The van der Waals surface area contributed by atoms with E-state index in [9.17, 15) is 9.59 Å². The number of unbranched alkanes of at least 4 members (excludes halogenated alkanes) is 25. The molecular weight excluding hydrogens is 508 g/mol. The lowest BCUT2D eigenvalue weighted by Gasteiger charge is -2.05. The molecule has 0 heterocycles. The first-order valence-corrected chi connectivity index (χ1v) is 18.2. The van der Waals surface area contributed by atoms with Crippen molar-refractivity contribution in [1.29, 1.82) is 0 Å². The molecule has 0 aliphatic rings. The minimum absolute atomic E-state index is 0.0218. The number of allylic oxidation sites excluding steroid dienone is 2. The largest absolute Gasteiger partial charge is 0.342 e. The molecule has 0 saturated carbocycles. The zero-order valence-corrected chi connectivity index (χ0v) is 27.7. The summed E-state index contributed by atoms with van der Waals surface area (Å²) in [5.41, 5.74) is 0. The maximum atomic E-state index is 11.9. The van der Waals surface area contributed by atoms with Gasteiger partial charge in [0.15, 0.2) is 12.4 Å². The SMILES string of the molecule is CCCCCCCC/C=C\CCCCCCCC(=O)OOCC(=O)CCCCCCCCCCCCCCCCC. The minimum Gasteiger partial charge on any atom is -0.298 e. The third kappa shape index (κ3) is 34.9. The van der Waals surface area contributed by atoms with Crippen molar-refractivity contribution in [2.75, 3.05) is 6.61 Å². The Hall–Kier alpha value is -1.16. The van der Waals surface area contributed by atoms with Gasteiger partial charge in [0.2, 0.25) is 0 Å². The summed E-state index contributed by atoms with van der Waals surface area (Å²) in [5, 5.41) is 0. The Morgan fingerprint density at radius 2 is 0.780 bits per heavy atom. The van der Waals surface area contributed by atoms with Crippen LogP contribution in [0.3, 0.4) is 0 Å². The molecule has 0 aromatic rings. The lowest BCUT2D eigenvalue weighted by atomic mass is 10.0. The molecule has 0 bridgehead atoms. The monoisotopic (exact) mass is 579 g/mol. The summed E-state index contributed by atoms with van der Waals surface area (Å²) in [5.74, 6) is -0.337. The van der Waals surface area contributed by atoms with Crippen LogP contribution in [-0.2, 0) is 19.4 Å². The molecule has 0 fully saturated rings. The molecule has 0 radical (unpaired) electrons. The maximum absolute atomic E-state index is 11.9. The van der Waals surface area contributed by atoms with E-state index in [-0.39, 0.29) is 18.4 Å². The van der Waals surface area contributed by atoms with Crippen molar-refractivity contribution in [3.63, 3.8) is 0 Å². The summed E-state index contributed by atoms with van der Waals surface area (Å²) in [6, 6.07) is 0. The number of Topliss-reactive ketones (excluding diaryl/α,β-unsaturated/α-hetero) is 1. The van der Waals surface area contributed by atoms with Gasteiger partial charge >= 0.3 is 5.97 Å². The molecule has 4 nitrogen and oxygen atoms in total. The Morgan fingerprint density at radius 1 is 0.439 bits per heavy atom. The van der Waals surface area contributed by atoms with E-state index in [0.29, 0.717) is 12.8 Å². The summed E-state index contributed by atoms with van der Waals surface area (Å²) < 4.78 is 0. The van der Waals surface area contributed by atoms with Crippen LogP contribution < -0.4 is 0 Å². The van der Waals surface area contributed by atoms with Gasteiger partial charge in [-0.25, -0.2) is 4.79 Å². The molecule has 0 saturated heterocycles. The standard InChI is InChI=1S/C37H70O4/c1-3-5-7-9-11-13-15-17-19-21-23-25-27-29-31-33-36(38)35-40-41-37(39)34-32-30-28-26-24-22-20-18-16-14-12-10-8-6-4-2/h18,20H,3-17,19,21-35H2,1-2H3/b20-18-. The molecule has 0 spiro atoms. The molecule has 0 unspecified atom stereocenters. The normalized spacial score (nSPS) is 11.5. The summed E-state index contributed by atoms with van der Waals surface area (Å²) >= 11 is 0. The molecule has 242 valence electrons. The number of carbonyl (C=O) groups excluding carboxylic acids is 2. The van der Waals surface area contributed by atoms with Gasteiger partial charge in [0.25, 0.3) is 0 Å². The van der Waals surface area contributed by atoms with Crippen LogP contribution in [0.1, 0.15) is 206 Å². The molecule has 0 aliphatic heterocycles. The van der Waals surface area contributed by atoms with Crippen LogP contribution in [0, 0.1) is 0 Å². The molecule has 0 aromatic heterocycles. The molecule has 0 N–H and O–H groups in total. The molecule has 0 amide bonds. The van der Waals surface area contributed by atoms with Gasteiger partial charge in [-0.05, 0) is 38.5 Å². The number of carbonyl (C=O) groups is 2. The second kappa shape index (κ2) is 35.0. The van der Waals surface area contributed by atoms with Crippen molar-refractivity contribution in [2.45, 2.75) is 206 Å². The highest BCUT2D eigenvalue weighted by Gasteiger charge is 2.07. The van der Waals surface area contributed by atoms with E-state index >= 15 is 0 Å². The Morgan fingerprint density at radius 3 is 1.20 bits per heavy atom. The highest BCUT2D eigenvalue weighted by molar-refractivity contribution is 5.79. The van der Waals surface area contributed by atoms with E-state index in [0.717, 1.165) is 32.1 Å². The lowest BCUT2D eigenvalue weighted by molar-refractivity contribution is -0.268. The third-order valence-electron chi connectivity index (χ3n) is 8.07. The van der Waals surface area contributed by atoms with Crippen LogP contribution in [0.25, 0.3) is 0 Å². The van der Waals surface area contributed by atoms with E-state index in [2.05, 4.69) is 26.0 Å². The quantitative estimate of drug-likeness (QED) is 0.0330. The average Bonchev–Trinajstić information content (AvgIpc) is 2.97. The second-order valence-corrected chi connectivity index (χ2v) is 12.3. The van der Waals surface area contributed by atoms with Gasteiger partial charge < -0.3 is 0 Å². The zero-order valence-electron chi connectivity index (χ0n) is 27.7. The molecule has 4 heteroatoms. The van der Waals surface area contributed by atoms with Gasteiger partial charge in [-0.2, -0.15) is 4.89 Å². The van der Waals surface area contributed by atoms with E-state index in [1.807, 2.05) is 0 Å². The zero-order chi connectivity index (χ0) is 29.9. The van der Waals surface area contributed by atoms with Gasteiger partial charge in [0.1, 0.15) is 0 Å². The van der Waals surface area contributed by atoms with Gasteiger partial charge in [0.05, 0.1) is 0 Å². The summed E-state index contributed by atoms with van der Waals surface area (Å²) in [6.07, 6.45) is 41.3. The molecule has 0 aromatic carbocycles. The van der Waals surface area contributed by atoms with Crippen LogP contribution in [0.5, 0.6) is 0 Å². The first-order valence-electron chi connectivity index (χ1n) is 18.2. The van der Waals surface area contributed by atoms with Crippen molar-refractivity contribution in [2.24, 2.45) is 0 Å². The summed E-state index contributed by atoms with van der Waals surface area (Å²) in [7, 11) is 0. The van der Waals surface area contributed by atoms with Crippen LogP contribution in [0.4, 0.5) is 0 Å². The summed E-state index contributed by atoms with van der Waals surface area (Å²) in [6.45, 7) is 4.42. The number of rotatable bonds is 34. The Kier molecular flexibility index (Phi) is 34.0. The second-order valence-electron chi connectivity index (χ2n) is 12.3. The van der Waals surface area contributed by atoms with Crippen molar-refractivity contribution in [3.8, 4) is 0 Å². The van der Waals surface area contributed by atoms with Crippen molar-refractivity contribution in [1.82, 2.24) is 0 Å². The fourth-order valence-corrected chi connectivity index (χ4v) is 5.31. The van der Waals surface area contributed by atoms with E-state index in [4.69, 9.17) is 9.78 Å². The first kappa shape index (κ1) is 39.8. The van der Waals surface area contributed by atoms with Gasteiger partial charge in [-0.1, -0.05) is 167 Å². The van der Waals surface area contributed by atoms with Gasteiger partial charge in [-0.3, -0.25) is 9.68 Å². The van der Waals surface area contributed by atoms with Gasteiger partial charge in [0, 0.05) is 12.8 Å². The highest BCUT2D eigenvalue weighted by Crippen LogP contribution is 2.14. The fourth-order valence-electron chi connectivity index (χ4n) is 5.31. The molecule has 0 atom stereocenters. The van der Waals surface area contributed by atoms with Crippen LogP contribution in [-0.4, -0.2) is 18.4 Å². The minimum atomic E-state index is -0.359. The van der Waals surface area contributed by atoms with Crippen LogP contribution in [0.15, 0.2) is 12.2 Å².